The second-order valence-electron chi connectivity index (χ2n) is 5.45. The van der Waals surface area contributed by atoms with Gasteiger partial charge in [-0.15, -0.1) is 0 Å². The van der Waals surface area contributed by atoms with Gasteiger partial charge in [0, 0.05) is 13.2 Å². The van der Waals surface area contributed by atoms with Crippen LogP contribution in [-0.4, -0.2) is 9.55 Å². The van der Waals surface area contributed by atoms with Gasteiger partial charge in [0.1, 0.15) is 0 Å². The highest BCUT2D eigenvalue weighted by molar-refractivity contribution is 5.02. The first-order valence-electron chi connectivity index (χ1n) is 7.72. The Bertz CT molecular complexity index is 322. The third kappa shape index (κ3) is 6.73. The maximum absolute atomic E-state index is 5.61. The Morgan fingerprint density at radius 1 is 1.16 bits per heavy atom. The van der Waals surface area contributed by atoms with E-state index in [9.17, 15) is 0 Å². The standard InChI is InChI=1S/C15H30N4/c1-3-4-5-6-7-8-9-10-11-14(18-16)15-12-19(2)13-17-15/h12-14,18H,3-11,16H2,1-2H3. The number of unbranched alkanes of at least 4 members (excludes halogenated alkanes) is 7. The predicted molar refractivity (Wildman–Crippen MR) is 80.5 cm³/mol. The fourth-order valence-electron chi connectivity index (χ4n) is 2.41. The summed E-state index contributed by atoms with van der Waals surface area (Å²) in [4.78, 5) is 4.36. The summed E-state index contributed by atoms with van der Waals surface area (Å²) in [6, 6.07) is 0.196. The lowest BCUT2D eigenvalue weighted by atomic mass is 10.0. The molecule has 1 heterocycles. The van der Waals surface area contributed by atoms with E-state index in [1.54, 1.807) is 0 Å². The molecule has 1 rings (SSSR count). The van der Waals surface area contributed by atoms with Gasteiger partial charge < -0.3 is 4.57 Å². The molecule has 1 atom stereocenters. The van der Waals surface area contributed by atoms with Crippen molar-refractivity contribution in [2.75, 3.05) is 0 Å². The highest BCUT2D eigenvalue weighted by Gasteiger charge is 2.11. The minimum absolute atomic E-state index is 0.196. The number of nitrogens with two attached hydrogens (primary N) is 1. The molecular formula is C15H30N4. The van der Waals surface area contributed by atoms with E-state index in [0.29, 0.717) is 0 Å². The van der Waals surface area contributed by atoms with E-state index in [4.69, 9.17) is 5.84 Å². The lowest BCUT2D eigenvalue weighted by Gasteiger charge is -2.13. The van der Waals surface area contributed by atoms with Gasteiger partial charge >= 0.3 is 0 Å². The zero-order chi connectivity index (χ0) is 13.9. The fourth-order valence-corrected chi connectivity index (χ4v) is 2.41. The van der Waals surface area contributed by atoms with E-state index in [0.717, 1.165) is 12.1 Å². The van der Waals surface area contributed by atoms with Crippen LogP contribution < -0.4 is 11.3 Å². The van der Waals surface area contributed by atoms with Crippen molar-refractivity contribution < 1.29 is 0 Å². The first-order valence-corrected chi connectivity index (χ1v) is 7.72. The maximum atomic E-state index is 5.61. The maximum Gasteiger partial charge on any atom is 0.0947 e. The Morgan fingerprint density at radius 3 is 2.32 bits per heavy atom. The van der Waals surface area contributed by atoms with Crippen LogP contribution in [0.4, 0.5) is 0 Å². The van der Waals surface area contributed by atoms with Gasteiger partial charge in [-0.05, 0) is 6.42 Å². The number of rotatable bonds is 11. The molecule has 1 aromatic heterocycles. The van der Waals surface area contributed by atoms with E-state index in [2.05, 4.69) is 17.3 Å². The lowest BCUT2D eigenvalue weighted by Crippen LogP contribution is -2.28. The number of hydrazine groups is 1. The molecule has 0 saturated heterocycles. The van der Waals surface area contributed by atoms with Crippen molar-refractivity contribution >= 4 is 0 Å². The van der Waals surface area contributed by atoms with Crippen LogP contribution in [0.25, 0.3) is 0 Å². The fraction of sp³-hybridized carbons (Fsp3) is 0.800. The van der Waals surface area contributed by atoms with Crippen molar-refractivity contribution in [2.45, 2.75) is 70.8 Å². The third-order valence-electron chi connectivity index (χ3n) is 3.63. The van der Waals surface area contributed by atoms with Crippen LogP contribution in [0.2, 0.25) is 0 Å². The van der Waals surface area contributed by atoms with Gasteiger partial charge in [-0.3, -0.25) is 11.3 Å². The quantitative estimate of drug-likeness (QED) is 0.366. The smallest absolute Gasteiger partial charge is 0.0947 e. The highest BCUT2D eigenvalue weighted by atomic mass is 15.2. The predicted octanol–water partition coefficient (Wildman–Crippen LogP) is 3.46. The summed E-state index contributed by atoms with van der Waals surface area (Å²) in [5.74, 6) is 5.61. The first-order chi connectivity index (χ1) is 9.27. The highest BCUT2D eigenvalue weighted by Crippen LogP contribution is 2.18. The Morgan fingerprint density at radius 2 is 1.79 bits per heavy atom. The van der Waals surface area contributed by atoms with Crippen LogP contribution in [0.5, 0.6) is 0 Å². The van der Waals surface area contributed by atoms with Gasteiger partial charge in [0.05, 0.1) is 18.1 Å². The van der Waals surface area contributed by atoms with Gasteiger partial charge in [0.2, 0.25) is 0 Å². The van der Waals surface area contributed by atoms with E-state index in [1.807, 2.05) is 24.1 Å². The molecule has 0 aliphatic rings. The van der Waals surface area contributed by atoms with Gasteiger partial charge in [-0.25, -0.2) is 4.98 Å². The first kappa shape index (κ1) is 16.2. The molecule has 4 heteroatoms. The summed E-state index contributed by atoms with van der Waals surface area (Å²) in [7, 11) is 1.99. The van der Waals surface area contributed by atoms with Crippen molar-refractivity contribution in [1.82, 2.24) is 15.0 Å². The summed E-state index contributed by atoms with van der Waals surface area (Å²) in [5, 5.41) is 0. The van der Waals surface area contributed by atoms with Gasteiger partial charge in [0.15, 0.2) is 0 Å². The monoisotopic (exact) mass is 266 g/mol. The number of aryl methyl sites for hydroxylation is 1. The normalized spacial score (nSPS) is 12.8. The van der Waals surface area contributed by atoms with Crippen molar-refractivity contribution in [1.29, 1.82) is 0 Å². The topological polar surface area (TPSA) is 55.9 Å². The van der Waals surface area contributed by atoms with Crippen molar-refractivity contribution in [3.05, 3.63) is 18.2 Å². The number of hydrogen-bond acceptors (Lipinski definition) is 3. The zero-order valence-electron chi connectivity index (χ0n) is 12.6. The number of hydrogen-bond donors (Lipinski definition) is 2. The third-order valence-corrected chi connectivity index (χ3v) is 3.63. The SMILES string of the molecule is CCCCCCCCCCC(NN)c1cn(C)cn1. The van der Waals surface area contributed by atoms with Crippen LogP contribution in [-0.2, 0) is 7.05 Å². The van der Waals surface area contributed by atoms with Crippen molar-refractivity contribution in [3.8, 4) is 0 Å². The lowest BCUT2D eigenvalue weighted by molar-refractivity contribution is 0.468. The van der Waals surface area contributed by atoms with Gasteiger partial charge in [-0.1, -0.05) is 58.3 Å². The molecule has 1 unspecified atom stereocenters. The molecule has 110 valence electrons. The molecule has 0 radical (unpaired) electrons. The van der Waals surface area contributed by atoms with E-state index in [-0.39, 0.29) is 6.04 Å². The number of imidazole rings is 1. The second-order valence-corrected chi connectivity index (χ2v) is 5.45. The average molecular weight is 266 g/mol. The Kier molecular flexibility index (Phi) is 8.50. The summed E-state index contributed by atoms with van der Waals surface area (Å²) in [5.41, 5.74) is 3.92. The molecule has 19 heavy (non-hydrogen) atoms. The Hall–Kier alpha value is -0.870. The van der Waals surface area contributed by atoms with E-state index in [1.165, 1.54) is 51.4 Å². The van der Waals surface area contributed by atoms with Crippen LogP contribution in [0, 0.1) is 0 Å². The molecule has 0 bridgehead atoms. The zero-order valence-corrected chi connectivity index (χ0v) is 12.6. The minimum Gasteiger partial charge on any atom is -0.340 e. The summed E-state index contributed by atoms with van der Waals surface area (Å²) < 4.78 is 1.97. The van der Waals surface area contributed by atoms with Crippen LogP contribution in [0.1, 0.15) is 76.4 Å². The molecule has 0 aliphatic carbocycles. The largest absolute Gasteiger partial charge is 0.340 e. The van der Waals surface area contributed by atoms with Crippen LogP contribution >= 0.6 is 0 Å². The molecular weight excluding hydrogens is 236 g/mol. The average Bonchev–Trinajstić information content (AvgIpc) is 2.83. The van der Waals surface area contributed by atoms with E-state index < -0.39 is 0 Å². The molecule has 0 aliphatic heterocycles. The Labute approximate surface area is 117 Å². The minimum atomic E-state index is 0.196. The number of aromatic nitrogens is 2. The van der Waals surface area contributed by atoms with Gasteiger partial charge in [0.25, 0.3) is 0 Å². The molecule has 4 nitrogen and oxygen atoms in total. The second kappa shape index (κ2) is 9.98. The molecule has 0 fully saturated rings. The number of nitrogens with one attached hydrogen (secondary N) is 1. The molecule has 3 N–H and O–H groups in total. The Balaban J connectivity index is 2.07. The summed E-state index contributed by atoms with van der Waals surface area (Å²) >= 11 is 0. The van der Waals surface area contributed by atoms with Gasteiger partial charge in [-0.2, -0.15) is 0 Å². The van der Waals surface area contributed by atoms with Crippen LogP contribution in [0.3, 0.4) is 0 Å². The molecule has 0 aromatic carbocycles. The van der Waals surface area contributed by atoms with Crippen molar-refractivity contribution in [2.24, 2.45) is 12.9 Å². The van der Waals surface area contributed by atoms with E-state index >= 15 is 0 Å². The number of nitrogens with zero attached hydrogens (tertiary/aromatic N) is 2. The molecule has 0 saturated carbocycles. The summed E-state index contributed by atoms with van der Waals surface area (Å²) in [6.45, 7) is 2.26. The van der Waals surface area contributed by atoms with Crippen molar-refractivity contribution in [3.63, 3.8) is 0 Å². The molecule has 0 spiro atoms. The summed E-state index contributed by atoms with van der Waals surface area (Å²) in [6.07, 6.45) is 15.7. The molecule has 1 aromatic rings. The molecule has 0 amide bonds. The van der Waals surface area contributed by atoms with Crippen LogP contribution in [0.15, 0.2) is 12.5 Å².